The number of ketones is 1. The van der Waals surface area contributed by atoms with E-state index in [1.54, 1.807) is 13.0 Å². The molecule has 0 N–H and O–H groups in total. The lowest BCUT2D eigenvalue weighted by atomic mass is 9.87. The minimum Gasteiger partial charge on any atom is -0.458 e. The molecule has 0 aromatic heterocycles. The van der Waals surface area contributed by atoms with Crippen LogP contribution in [0.2, 0.25) is 0 Å². The molecule has 0 fully saturated rings. The van der Waals surface area contributed by atoms with Gasteiger partial charge in [-0.05, 0) is 24.5 Å². The highest BCUT2D eigenvalue weighted by Gasteiger charge is 2.25. The molecule has 0 saturated heterocycles. The van der Waals surface area contributed by atoms with Crippen LogP contribution in [0.15, 0.2) is 42.2 Å². The second-order valence-corrected chi connectivity index (χ2v) is 4.87. The topological polar surface area (TPSA) is 52.6 Å². The Morgan fingerprint density at radius 1 is 1.25 bits per heavy atom. The number of aryl methyl sites for hydroxylation is 1. The van der Waals surface area contributed by atoms with Crippen LogP contribution in [0.4, 0.5) is 0 Å². The molecule has 4 heteroatoms. The molecule has 0 spiro atoms. The molecule has 1 aromatic carbocycles. The summed E-state index contributed by atoms with van der Waals surface area (Å²) in [5.41, 5.74) is 3.09. The van der Waals surface area contributed by atoms with Crippen LogP contribution in [0.1, 0.15) is 24.5 Å². The van der Waals surface area contributed by atoms with E-state index < -0.39 is 6.29 Å². The molecule has 102 valence electrons. The van der Waals surface area contributed by atoms with Gasteiger partial charge in [0.15, 0.2) is 5.78 Å². The third-order valence-electron chi connectivity index (χ3n) is 3.48. The fourth-order valence-corrected chi connectivity index (χ4v) is 2.37. The maximum atomic E-state index is 12.0. The average molecular weight is 270 g/mol. The molecule has 20 heavy (non-hydrogen) atoms. The highest BCUT2D eigenvalue weighted by molar-refractivity contribution is 6.22. The summed E-state index contributed by atoms with van der Waals surface area (Å²) in [5.74, 6) is -0.336. The third-order valence-corrected chi connectivity index (χ3v) is 3.48. The van der Waals surface area contributed by atoms with Crippen LogP contribution >= 0.6 is 0 Å². The largest absolute Gasteiger partial charge is 0.458 e. The summed E-state index contributed by atoms with van der Waals surface area (Å²) in [6.45, 7) is 1.67. The molecule has 2 aliphatic rings. The maximum absolute atomic E-state index is 12.0. The van der Waals surface area contributed by atoms with Crippen molar-refractivity contribution in [1.82, 2.24) is 0 Å². The van der Waals surface area contributed by atoms with Crippen molar-refractivity contribution < 1.29 is 19.1 Å². The van der Waals surface area contributed by atoms with E-state index in [-0.39, 0.29) is 11.8 Å². The van der Waals surface area contributed by atoms with Crippen LogP contribution in [0.5, 0.6) is 0 Å². The Kier molecular flexibility index (Phi) is 3.14. The number of esters is 1. The van der Waals surface area contributed by atoms with Crippen LogP contribution in [-0.2, 0) is 25.5 Å². The van der Waals surface area contributed by atoms with Crippen LogP contribution in [0.3, 0.4) is 0 Å². The fourth-order valence-electron chi connectivity index (χ4n) is 2.37. The van der Waals surface area contributed by atoms with Gasteiger partial charge in [-0.1, -0.05) is 24.3 Å². The molecule has 1 unspecified atom stereocenters. The highest BCUT2D eigenvalue weighted by Crippen LogP contribution is 2.28. The Bertz CT molecular complexity index is 640. The first-order chi connectivity index (χ1) is 9.65. The van der Waals surface area contributed by atoms with Gasteiger partial charge in [0.05, 0.1) is 11.8 Å². The van der Waals surface area contributed by atoms with Gasteiger partial charge in [0, 0.05) is 18.1 Å². The Labute approximate surface area is 116 Å². The summed E-state index contributed by atoms with van der Waals surface area (Å²) < 4.78 is 10.4. The monoisotopic (exact) mass is 270 g/mol. The Hall–Kier alpha value is -2.36. The van der Waals surface area contributed by atoms with Crippen LogP contribution < -0.4 is 0 Å². The first-order valence-electron chi connectivity index (χ1n) is 6.51. The molecule has 0 saturated carbocycles. The van der Waals surface area contributed by atoms with Crippen molar-refractivity contribution in [1.29, 1.82) is 0 Å². The smallest absolute Gasteiger partial charge is 0.336 e. The van der Waals surface area contributed by atoms with Crippen molar-refractivity contribution in [3.8, 4) is 0 Å². The molecule has 0 radical (unpaired) electrons. The average Bonchev–Trinajstić information content (AvgIpc) is 2.77. The highest BCUT2D eigenvalue weighted by atomic mass is 16.7. The number of cyclic esters (lactones) is 1. The van der Waals surface area contributed by atoms with E-state index in [0.717, 1.165) is 17.5 Å². The summed E-state index contributed by atoms with van der Waals surface area (Å²) in [4.78, 5) is 23.3. The zero-order chi connectivity index (χ0) is 14.1. The van der Waals surface area contributed by atoms with Crippen molar-refractivity contribution in [2.75, 3.05) is 0 Å². The van der Waals surface area contributed by atoms with Gasteiger partial charge in [0.25, 0.3) is 6.29 Å². The summed E-state index contributed by atoms with van der Waals surface area (Å²) in [5, 5.41) is 0. The third kappa shape index (κ3) is 2.25. The van der Waals surface area contributed by atoms with E-state index >= 15 is 0 Å². The first kappa shape index (κ1) is 12.7. The SMILES string of the molecule is CC1=CC(O/C=C2/C(=O)CCc3ccccc32)OC1=O. The molecule has 1 atom stereocenters. The number of ether oxygens (including phenoxy) is 2. The standard InChI is InChI=1S/C16H14O4/c1-10-8-15(20-16(10)18)19-9-13-12-5-3-2-4-11(12)6-7-14(13)17/h2-5,8-9,15H,6-7H2,1H3/b13-9+. The Morgan fingerprint density at radius 2 is 2.05 bits per heavy atom. The molecule has 0 bridgehead atoms. The lowest BCUT2D eigenvalue weighted by Crippen LogP contribution is -2.14. The molecular weight excluding hydrogens is 256 g/mol. The van der Waals surface area contributed by atoms with E-state index in [1.165, 1.54) is 6.26 Å². The fraction of sp³-hybridized carbons (Fsp3) is 0.250. The maximum Gasteiger partial charge on any atom is 0.336 e. The minimum absolute atomic E-state index is 0.0497. The van der Waals surface area contributed by atoms with E-state index in [2.05, 4.69) is 0 Å². The van der Waals surface area contributed by atoms with Crippen LogP contribution in [-0.4, -0.2) is 18.0 Å². The summed E-state index contributed by atoms with van der Waals surface area (Å²) in [6.07, 6.45) is 3.50. The normalized spacial score (nSPS) is 23.4. The predicted molar refractivity (Wildman–Crippen MR) is 72.5 cm³/mol. The van der Waals surface area contributed by atoms with Crippen molar-refractivity contribution >= 4 is 17.3 Å². The van der Waals surface area contributed by atoms with Gasteiger partial charge in [0.2, 0.25) is 0 Å². The predicted octanol–water partition coefficient (Wildman–Crippen LogP) is 2.39. The number of Topliss-reactive ketones (excluding diaryl/α,β-unsaturated/α-hetero) is 1. The number of allylic oxidation sites excluding steroid dienone is 1. The van der Waals surface area contributed by atoms with E-state index in [9.17, 15) is 9.59 Å². The molecule has 1 aliphatic carbocycles. The second-order valence-electron chi connectivity index (χ2n) is 4.87. The van der Waals surface area contributed by atoms with Gasteiger partial charge in [-0.2, -0.15) is 0 Å². The molecule has 3 rings (SSSR count). The van der Waals surface area contributed by atoms with Gasteiger partial charge in [-0.3, -0.25) is 4.79 Å². The Balaban J connectivity index is 1.84. The number of hydrogen-bond donors (Lipinski definition) is 0. The zero-order valence-corrected chi connectivity index (χ0v) is 11.1. The molecular formula is C16H14O4. The number of hydrogen-bond acceptors (Lipinski definition) is 4. The van der Waals surface area contributed by atoms with E-state index in [0.29, 0.717) is 17.6 Å². The molecule has 1 aromatic rings. The zero-order valence-electron chi connectivity index (χ0n) is 11.1. The van der Waals surface area contributed by atoms with Crippen LogP contribution in [0, 0.1) is 0 Å². The van der Waals surface area contributed by atoms with E-state index in [4.69, 9.17) is 9.47 Å². The summed E-state index contributed by atoms with van der Waals surface area (Å²) in [7, 11) is 0. The summed E-state index contributed by atoms with van der Waals surface area (Å²) in [6, 6.07) is 7.77. The van der Waals surface area contributed by atoms with Gasteiger partial charge >= 0.3 is 5.97 Å². The van der Waals surface area contributed by atoms with Crippen molar-refractivity contribution in [3.63, 3.8) is 0 Å². The summed E-state index contributed by atoms with van der Waals surface area (Å²) >= 11 is 0. The van der Waals surface area contributed by atoms with Crippen molar-refractivity contribution in [3.05, 3.63) is 53.3 Å². The number of carbonyl (C=O) groups excluding carboxylic acids is 2. The lowest BCUT2D eigenvalue weighted by Gasteiger charge is -2.18. The lowest BCUT2D eigenvalue weighted by molar-refractivity contribution is -0.152. The van der Waals surface area contributed by atoms with Crippen LogP contribution in [0.25, 0.3) is 5.57 Å². The number of benzene rings is 1. The number of carbonyl (C=O) groups is 2. The van der Waals surface area contributed by atoms with Gasteiger partial charge in [-0.15, -0.1) is 0 Å². The molecule has 1 aliphatic heterocycles. The molecule has 4 nitrogen and oxygen atoms in total. The molecule has 0 amide bonds. The Morgan fingerprint density at radius 3 is 2.80 bits per heavy atom. The quantitative estimate of drug-likeness (QED) is 0.470. The number of fused-ring (bicyclic) bond motifs is 1. The molecule has 1 heterocycles. The van der Waals surface area contributed by atoms with Crippen molar-refractivity contribution in [2.24, 2.45) is 0 Å². The number of rotatable bonds is 2. The minimum atomic E-state index is -0.739. The van der Waals surface area contributed by atoms with Crippen molar-refractivity contribution in [2.45, 2.75) is 26.1 Å². The van der Waals surface area contributed by atoms with Gasteiger partial charge in [-0.25, -0.2) is 4.79 Å². The van der Waals surface area contributed by atoms with Gasteiger partial charge < -0.3 is 9.47 Å². The van der Waals surface area contributed by atoms with Gasteiger partial charge in [0.1, 0.15) is 0 Å². The second kappa shape index (κ2) is 4.96. The van der Waals surface area contributed by atoms with E-state index in [1.807, 2.05) is 24.3 Å². The first-order valence-corrected chi connectivity index (χ1v) is 6.51.